The zero-order chi connectivity index (χ0) is 12.2. The Balaban J connectivity index is 4.25. The second kappa shape index (κ2) is 10.9. The monoisotopic (exact) mass is 227 g/mol. The highest BCUT2D eigenvalue weighted by Gasteiger charge is 2.15. The summed E-state index contributed by atoms with van der Waals surface area (Å²) in [6.45, 7) is 7.78. The van der Waals surface area contributed by atoms with Crippen LogP contribution in [0, 0.1) is 0 Å². The topological polar surface area (TPSA) is 28.0 Å². The molecule has 0 amide bonds. The molecule has 0 aliphatic heterocycles. The fourth-order valence-electron chi connectivity index (χ4n) is 1.95. The molecule has 3 heteroatoms. The second-order valence-corrected chi connectivity index (χ2v) is 4.39. The van der Waals surface area contributed by atoms with E-state index in [0.29, 0.717) is 6.04 Å². The van der Waals surface area contributed by atoms with E-state index in [4.69, 9.17) is 0 Å². The molecule has 1 unspecified atom stereocenters. The van der Waals surface area contributed by atoms with E-state index in [-0.39, 0.29) is 0 Å². The average molecular weight is 227 g/mol. The van der Waals surface area contributed by atoms with Crippen molar-refractivity contribution in [1.29, 1.82) is 0 Å². The zero-order valence-electron chi connectivity index (χ0n) is 11.6. The molecule has 16 heavy (non-hydrogen) atoms. The Morgan fingerprint density at radius 2 is 1.62 bits per heavy atom. The quantitative estimate of drug-likeness (QED) is 0.400. The predicted molar refractivity (Wildman–Crippen MR) is 70.6 cm³/mol. The van der Waals surface area contributed by atoms with Crippen molar-refractivity contribution in [3.8, 4) is 0 Å². The van der Waals surface area contributed by atoms with Gasteiger partial charge in [-0.15, -0.1) is 0 Å². The van der Waals surface area contributed by atoms with Crippen LogP contribution < -0.4 is 0 Å². The molecule has 1 atom stereocenters. The molecule has 0 saturated carbocycles. The first-order valence-corrected chi connectivity index (χ1v) is 6.86. The fourth-order valence-corrected chi connectivity index (χ4v) is 1.95. The minimum Gasteiger partial charge on any atom is -0.276 e. The van der Waals surface area contributed by atoms with E-state index in [9.17, 15) is 0 Å². The van der Waals surface area contributed by atoms with Crippen LogP contribution in [0.1, 0.15) is 65.7 Å². The Morgan fingerprint density at radius 1 is 0.938 bits per heavy atom. The normalized spacial score (nSPS) is 13.2. The third-order valence-electron chi connectivity index (χ3n) is 2.88. The molecule has 0 radical (unpaired) electrons. The van der Waals surface area contributed by atoms with Crippen molar-refractivity contribution in [2.75, 3.05) is 13.6 Å². The first-order chi connectivity index (χ1) is 7.79. The maximum absolute atomic E-state index is 4.29. The molecule has 0 heterocycles. The van der Waals surface area contributed by atoms with Gasteiger partial charge in [-0.05, 0) is 19.3 Å². The van der Waals surface area contributed by atoms with Gasteiger partial charge in [0, 0.05) is 12.6 Å². The van der Waals surface area contributed by atoms with E-state index in [1.54, 1.807) is 7.05 Å². The summed E-state index contributed by atoms with van der Waals surface area (Å²) >= 11 is 0. The lowest BCUT2D eigenvalue weighted by atomic mass is 10.0. The molecule has 0 saturated heterocycles. The maximum atomic E-state index is 4.29. The van der Waals surface area contributed by atoms with Crippen LogP contribution in [0.4, 0.5) is 0 Å². The molecule has 0 fully saturated rings. The zero-order valence-corrected chi connectivity index (χ0v) is 11.6. The van der Waals surface area contributed by atoms with Gasteiger partial charge in [0.2, 0.25) is 0 Å². The summed E-state index contributed by atoms with van der Waals surface area (Å²) in [5.41, 5.74) is 0. The lowest BCUT2D eigenvalue weighted by Crippen LogP contribution is -2.31. The van der Waals surface area contributed by atoms with E-state index in [0.717, 1.165) is 6.54 Å². The summed E-state index contributed by atoms with van der Waals surface area (Å²) in [6.07, 6.45) is 8.73. The number of unbranched alkanes of at least 4 members (excludes halogenated alkanes) is 2. The van der Waals surface area contributed by atoms with E-state index in [1.807, 2.05) is 0 Å². The van der Waals surface area contributed by atoms with Gasteiger partial charge in [0.1, 0.15) is 0 Å². The van der Waals surface area contributed by atoms with Crippen LogP contribution in [0.3, 0.4) is 0 Å². The third kappa shape index (κ3) is 6.81. The average Bonchev–Trinajstić information content (AvgIpc) is 2.30. The number of rotatable bonds is 10. The fraction of sp³-hybridized carbons (Fsp3) is 1.00. The van der Waals surface area contributed by atoms with Crippen LogP contribution in [0.25, 0.3) is 0 Å². The van der Waals surface area contributed by atoms with Crippen LogP contribution in [0.5, 0.6) is 0 Å². The van der Waals surface area contributed by atoms with E-state index >= 15 is 0 Å². The van der Waals surface area contributed by atoms with Crippen LogP contribution in [0.2, 0.25) is 0 Å². The van der Waals surface area contributed by atoms with Gasteiger partial charge in [-0.3, -0.25) is 5.01 Å². The Hall–Kier alpha value is -0.600. The van der Waals surface area contributed by atoms with Crippen molar-refractivity contribution in [1.82, 2.24) is 5.01 Å². The summed E-state index contributed by atoms with van der Waals surface area (Å²) in [5.74, 6) is 0. The number of hydrogen-bond donors (Lipinski definition) is 0. The van der Waals surface area contributed by atoms with Gasteiger partial charge in [-0.25, -0.2) is 0 Å². The van der Waals surface area contributed by atoms with Crippen LogP contribution in [-0.4, -0.2) is 24.6 Å². The minimum absolute atomic E-state index is 0.597. The molecule has 0 N–H and O–H groups in total. The van der Waals surface area contributed by atoms with Crippen molar-refractivity contribution >= 4 is 0 Å². The van der Waals surface area contributed by atoms with Gasteiger partial charge in [-0.2, -0.15) is 5.11 Å². The molecule has 0 aliphatic rings. The Kier molecular flexibility index (Phi) is 10.5. The number of nitrogens with zero attached hydrogens (tertiary/aromatic N) is 3. The van der Waals surface area contributed by atoms with E-state index in [1.165, 1.54) is 44.9 Å². The largest absolute Gasteiger partial charge is 0.276 e. The van der Waals surface area contributed by atoms with Crippen molar-refractivity contribution in [2.24, 2.45) is 10.3 Å². The standard InChI is InChI=1S/C13H29N3/c1-5-8-11-13(10-7-3)16(15-14-4)12-9-6-2/h13H,5-12H2,1-4H3. The molecule has 0 rings (SSSR count). The third-order valence-corrected chi connectivity index (χ3v) is 2.88. The lowest BCUT2D eigenvalue weighted by molar-refractivity contribution is 0.164. The first kappa shape index (κ1) is 15.4. The highest BCUT2D eigenvalue weighted by molar-refractivity contribution is 4.68. The van der Waals surface area contributed by atoms with Crippen molar-refractivity contribution < 1.29 is 0 Å². The molecular weight excluding hydrogens is 198 g/mol. The van der Waals surface area contributed by atoms with Gasteiger partial charge < -0.3 is 0 Å². The Labute approximate surface area is 101 Å². The van der Waals surface area contributed by atoms with Crippen molar-refractivity contribution in [3.05, 3.63) is 0 Å². The van der Waals surface area contributed by atoms with Gasteiger partial charge in [-0.1, -0.05) is 51.7 Å². The molecule has 0 aliphatic carbocycles. The van der Waals surface area contributed by atoms with Crippen LogP contribution in [0.15, 0.2) is 10.3 Å². The summed E-state index contributed by atoms with van der Waals surface area (Å²) < 4.78 is 0. The summed E-state index contributed by atoms with van der Waals surface area (Å²) in [4.78, 5) is 0. The molecule has 0 aromatic heterocycles. The molecular formula is C13H29N3. The molecule has 0 bridgehead atoms. The van der Waals surface area contributed by atoms with Crippen LogP contribution in [-0.2, 0) is 0 Å². The van der Waals surface area contributed by atoms with Crippen molar-refractivity contribution in [2.45, 2.75) is 71.8 Å². The minimum atomic E-state index is 0.597. The molecule has 0 aromatic carbocycles. The van der Waals surface area contributed by atoms with Gasteiger partial charge >= 0.3 is 0 Å². The van der Waals surface area contributed by atoms with Crippen molar-refractivity contribution in [3.63, 3.8) is 0 Å². The van der Waals surface area contributed by atoms with Crippen LogP contribution >= 0.6 is 0 Å². The van der Waals surface area contributed by atoms with Gasteiger partial charge in [0.05, 0.1) is 7.05 Å². The first-order valence-electron chi connectivity index (χ1n) is 6.86. The summed E-state index contributed by atoms with van der Waals surface area (Å²) in [7, 11) is 1.77. The predicted octanol–water partition coefficient (Wildman–Crippen LogP) is 4.44. The smallest absolute Gasteiger partial charge is 0.0509 e. The molecule has 96 valence electrons. The highest BCUT2D eigenvalue weighted by Crippen LogP contribution is 2.16. The Morgan fingerprint density at radius 3 is 2.12 bits per heavy atom. The molecule has 3 nitrogen and oxygen atoms in total. The van der Waals surface area contributed by atoms with E-state index < -0.39 is 0 Å². The summed E-state index contributed by atoms with van der Waals surface area (Å²) in [5, 5.41) is 10.5. The highest BCUT2D eigenvalue weighted by atomic mass is 15.5. The van der Waals surface area contributed by atoms with E-state index in [2.05, 4.69) is 36.1 Å². The number of hydrogen-bond acceptors (Lipinski definition) is 2. The summed E-state index contributed by atoms with van der Waals surface area (Å²) in [6, 6.07) is 0.597. The maximum Gasteiger partial charge on any atom is 0.0509 e. The molecule has 0 aromatic rings. The van der Waals surface area contributed by atoms with Gasteiger partial charge in [0.15, 0.2) is 0 Å². The van der Waals surface area contributed by atoms with Gasteiger partial charge in [0.25, 0.3) is 0 Å². The second-order valence-electron chi connectivity index (χ2n) is 4.39. The Bertz CT molecular complexity index is 169. The lowest BCUT2D eigenvalue weighted by Gasteiger charge is -2.28. The molecule has 0 spiro atoms. The SMILES string of the molecule is CCCCC(CCC)N(CCCC)N=NC.